The maximum absolute atomic E-state index is 13.4. The smallest absolute Gasteiger partial charge is 0.256 e. The lowest BCUT2D eigenvalue weighted by Crippen LogP contribution is -2.42. The van der Waals surface area contributed by atoms with Gasteiger partial charge < -0.3 is 9.88 Å². The van der Waals surface area contributed by atoms with Gasteiger partial charge in [-0.2, -0.15) is 4.31 Å². The summed E-state index contributed by atoms with van der Waals surface area (Å²) in [6, 6.07) is 4.80. The normalized spacial score (nSPS) is 26.5. The molecule has 1 amide bonds. The zero-order valence-electron chi connectivity index (χ0n) is 20.7. The number of hydrogen-bond donors (Lipinski definition) is 1. The van der Waals surface area contributed by atoms with Crippen LogP contribution in [0.2, 0.25) is 0 Å². The van der Waals surface area contributed by atoms with Crippen LogP contribution in [0, 0.1) is 17.8 Å². The molecule has 0 unspecified atom stereocenters. The van der Waals surface area contributed by atoms with E-state index in [-0.39, 0.29) is 39.6 Å². The highest BCUT2D eigenvalue weighted by molar-refractivity contribution is 7.89. The number of rotatable bonds is 5. The van der Waals surface area contributed by atoms with E-state index < -0.39 is 15.5 Å². The molecule has 2 atom stereocenters. The van der Waals surface area contributed by atoms with Gasteiger partial charge in [-0.15, -0.1) is 0 Å². The Morgan fingerprint density at radius 1 is 1.03 bits per heavy atom. The Morgan fingerprint density at radius 3 is 2.29 bits per heavy atom. The quantitative estimate of drug-likeness (QED) is 0.691. The summed E-state index contributed by atoms with van der Waals surface area (Å²) in [6.45, 7) is 9.81. The van der Waals surface area contributed by atoms with E-state index in [4.69, 9.17) is 0 Å². The van der Waals surface area contributed by atoms with Crippen LogP contribution in [0.25, 0.3) is 10.9 Å². The monoisotopic (exact) mass is 487 g/mol. The van der Waals surface area contributed by atoms with Crippen molar-refractivity contribution in [3.63, 3.8) is 0 Å². The maximum Gasteiger partial charge on any atom is 0.256 e. The minimum Gasteiger partial charge on any atom is -0.349 e. The molecule has 2 aromatic rings. The third-order valence-electron chi connectivity index (χ3n) is 7.46. The standard InChI is InChI=1S/C26H37N3O4S/c1-5-28-16-23(26(31)27-20-8-6-17(2)7-9-20)25(30)22-13-21(10-11-24(22)28)34(32,33)29-14-18(3)12-19(4)15-29/h10-11,13,16-20H,5-9,12,14-15H2,1-4H3,(H,27,31)/t17?,18-,19+,20?. The van der Waals surface area contributed by atoms with Crippen LogP contribution in [0.4, 0.5) is 0 Å². The fourth-order valence-electron chi connectivity index (χ4n) is 5.58. The molecule has 1 aromatic heterocycles. The highest BCUT2D eigenvalue weighted by atomic mass is 32.2. The van der Waals surface area contributed by atoms with E-state index >= 15 is 0 Å². The number of fused-ring (bicyclic) bond motifs is 1. The molecule has 0 radical (unpaired) electrons. The van der Waals surface area contributed by atoms with Crippen LogP contribution in [0.15, 0.2) is 34.1 Å². The Bertz CT molecular complexity index is 1220. The molecular weight excluding hydrogens is 450 g/mol. The first-order chi connectivity index (χ1) is 16.1. The summed E-state index contributed by atoms with van der Waals surface area (Å²) in [5, 5.41) is 3.31. The number of carbonyl (C=O) groups is 1. The minimum absolute atomic E-state index is 0.0720. The average Bonchev–Trinajstić information content (AvgIpc) is 2.80. The second kappa shape index (κ2) is 9.82. The van der Waals surface area contributed by atoms with E-state index in [2.05, 4.69) is 26.1 Å². The molecule has 1 aliphatic heterocycles. The molecule has 8 heteroatoms. The van der Waals surface area contributed by atoms with Crippen molar-refractivity contribution in [3.05, 3.63) is 40.2 Å². The summed E-state index contributed by atoms with van der Waals surface area (Å²) < 4.78 is 30.2. The molecule has 2 aliphatic rings. The van der Waals surface area contributed by atoms with Crippen molar-refractivity contribution in [1.82, 2.24) is 14.2 Å². The zero-order valence-corrected chi connectivity index (χ0v) is 21.5. The number of carbonyl (C=O) groups excluding carboxylic acids is 1. The first-order valence-electron chi connectivity index (χ1n) is 12.6. The van der Waals surface area contributed by atoms with Gasteiger partial charge in [0.1, 0.15) is 5.56 Å². The van der Waals surface area contributed by atoms with E-state index in [9.17, 15) is 18.0 Å². The SMILES string of the molecule is CCn1cc(C(=O)NC2CCC(C)CC2)c(=O)c2cc(S(=O)(=O)N3C[C@H](C)C[C@H](C)C3)ccc21. The van der Waals surface area contributed by atoms with E-state index in [0.29, 0.717) is 31.1 Å². The van der Waals surface area contributed by atoms with E-state index in [1.165, 1.54) is 10.4 Å². The van der Waals surface area contributed by atoms with Crippen molar-refractivity contribution in [2.75, 3.05) is 13.1 Å². The lowest BCUT2D eigenvalue weighted by molar-refractivity contribution is 0.0921. The Kier molecular flexibility index (Phi) is 7.20. The van der Waals surface area contributed by atoms with Crippen molar-refractivity contribution in [3.8, 4) is 0 Å². The predicted molar refractivity (Wildman–Crippen MR) is 134 cm³/mol. The van der Waals surface area contributed by atoms with Gasteiger partial charge in [-0.05, 0) is 75.0 Å². The number of nitrogens with one attached hydrogen (secondary N) is 1. The first kappa shape index (κ1) is 24.9. The summed E-state index contributed by atoms with van der Waals surface area (Å²) in [6.07, 6.45) is 6.57. The summed E-state index contributed by atoms with van der Waals surface area (Å²) in [4.78, 5) is 26.6. The summed E-state index contributed by atoms with van der Waals surface area (Å²) >= 11 is 0. The van der Waals surface area contributed by atoms with Gasteiger partial charge in [0.25, 0.3) is 5.91 Å². The van der Waals surface area contributed by atoms with Crippen molar-refractivity contribution >= 4 is 26.8 Å². The molecule has 1 aromatic carbocycles. The van der Waals surface area contributed by atoms with Gasteiger partial charge in [-0.25, -0.2) is 8.42 Å². The largest absolute Gasteiger partial charge is 0.349 e. The van der Waals surface area contributed by atoms with E-state index in [1.807, 2.05) is 11.5 Å². The second-order valence-corrected chi connectivity index (χ2v) is 12.5. The van der Waals surface area contributed by atoms with Crippen LogP contribution in [-0.4, -0.2) is 42.3 Å². The average molecular weight is 488 g/mol. The lowest BCUT2D eigenvalue weighted by Gasteiger charge is -2.34. The molecular formula is C26H37N3O4S. The third kappa shape index (κ3) is 4.93. The van der Waals surface area contributed by atoms with Gasteiger partial charge in [0.2, 0.25) is 15.5 Å². The Hall–Kier alpha value is -2.19. The fraction of sp³-hybridized carbons (Fsp3) is 0.615. The number of piperidine rings is 1. The first-order valence-corrected chi connectivity index (χ1v) is 14.0. The molecule has 186 valence electrons. The van der Waals surface area contributed by atoms with Crippen LogP contribution in [0.5, 0.6) is 0 Å². The number of amides is 1. The van der Waals surface area contributed by atoms with Crippen molar-refractivity contribution in [2.24, 2.45) is 17.8 Å². The summed E-state index contributed by atoms with van der Waals surface area (Å²) in [7, 11) is -3.73. The number of aromatic nitrogens is 1. The molecule has 34 heavy (non-hydrogen) atoms. The number of aryl methyl sites for hydroxylation is 1. The van der Waals surface area contributed by atoms with Crippen molar-refractivity contribution < 1.29 is 13.2 Å². The fourth-order valence-corrected chi connectivity index (χ4v) is 7.29. The molecule has 1 saturated carbocycles. The van der Waals surface area contributed by atoms with Crippen molar-refractivity contribution in [2.45, 2.75) is 77.3 Å². The molecule has 7 nitrogen and oxygen atoms in total. The number of nitrogens with zero attached hydrogens (tertiary/aromatic N) is 2. The highest BCUT2D eigenvalue weighted by Gasteiger charge is 2.32. The van der Waals surface area contributed by atoms with Crippen LogP contribution < -0.4 is 10.7 Å². The van der Waals surface area contributed by atoms with Gasteiger partial charge in [0.05, 0.1) is 10.4 Å². The second-order valence-electron chi connectivity index (χ2n) is 10.5. The molecule has 1 aliphatic carbocycles. The lowest BCUT2D eigenvalue weighted by atomic mass is 9.87. The van der Waals surface area contributed by atoms with Gasteiger partial charge in [-0.3, -0.25) is 9.59 Å². The van der Waals surface area contributed by atoms with Gasteiger partial charge >= 0.3 is 0 Å². The minimum atomic E-state index is -3.73. The topological polar surface area (TPSA) is 88.5 Å². The predicted octanol–water partition coefficient (Wildman–Crippen LogP) is 4.00. The third-order valence-corrected chi connectivity index (χ3v) is 9.29. The Labute approximate surface area is 202 Å². The number of benzene rings is 1. The van der Waals surface area contributed by atoms with Crippen LogP contribution in [-0.2, 0) is 16.6 Å². The molecule has 1 N–H and O–H groups in total. The Balaban J connectivity index is 1.71. The summed E-state index contributed by atoms with van der Waals surface area (Å²) in [5.74, 6) is 0.863. The molecule has 4 rings (SSSR count). The van der Waals surface area contributed by atoms with E-state index in [0.717, 1.165) is 32.1 Å². The molecule has 2 fully saturated rings. The number of pyridine rings is 1. The number of sulfonamides is 1. The number of hydrogen-bond acceptors (Lipinski definition) is 4. The molecule has 0 bridgehead atoms. The maximum atomic E-state index is 13.4. The Morgan fingerprint density at radius 2 is 1.68 bits per heavy atom. The zero-order chi connectivity index (χ0) is 24.6. The molecule has 0 spiro atoms. The van der Waals surface area contributed by atoms with Crippen LogP contribution in [0.3, 0.4) is 0 Å². The van der Waals surface area contributed by atoms with Gasteiger partial charge in [-0.1, -0.05) is 20.8 Å². The highest BCUT2D eigenvalue weighted by Crippen LogP contribution is 2.28. The van der Waals surface area contributed by atoms with Crippen LogP contribution in [0.1, 0.15) is 70.2 Å². The van der Waals surface area contributed by atoms with Gasteiger partial charge in [0, 0.05) is 37.3 Å². The molecule has 2 heterocycles. The van der Waals surface area contributed by atoms with E-state index in [1.54, 1.807) is 18.3 Å². The van der Waals surface area contributed by atoms with Gasteiger partial charge in [0.15, 0.2) is 0 Å². The van der Waals surface area contributed by atoms with Crippen LogP contribution >= 0.6 is 0 Å². The van der Waals surface area contributed by atoms with Crippen molar-refractivity contribution in [1.29, 1.82) is 0 Å². The molecule has 1 saturated heterocycles. The summed E-state index contributed by atoms with van der Waals surface area (Å²) in [5.41, 5.74) is 0.288.